The molecule has 1 atom stereocenters. The number of piperazine rings is 1. The Morgan fingerprint density at radius 3 is 2.80 bits per heavy atom. The summed E-state index contributed by atoms with van der Waals surface area (Å²) in [6, 6.07) is 6.37. The molecule has 3 aromatic rings. The van der Waals surface area contributed by atoms with Gasteiger partial charge in [-0.3, -0.25) is 9.58 Å². The van der Waals surface area contributed by atoms with E-state index in [9.17, 15) is 10.4 Å². The second-order valence-corrected chi connectivity index (χ2v) is 7.92. The number of pyridine rings is 1. The Morgan fingerprint density at radius 2 is 2.10 bits per heavy atom. The van der Waals surface area contributed by atoms with Gasteiger partial charge in [-0.1, -0.05) is 0 Å². The first-order chi connectivity index (χ1) is 14.4. The third-order valence-corrected chi connectivity index (χ3v) is 5.53. The third kappa shape index (κ3) is 3.77. The van der Waals surface area contributed by atoms with Crippen molar-refractivity contribution in [2.24, 2.45) is 0 Å². The van der Waals surface area contributed by atoms with Crippen molar-refractivity contribution >= 4 is 16.7 Å². The minimum absolute atomic E-state index is 0.487. The zero-order chi connectivity index (χ0) is 21.3. The van der Waals surface area contributed by atoms with Gasteiger partial charge in [0.1, 0.15) is 11.2 Å². The fraction of sp³-hybridized carbons (Fsp3) is 0.476. The Kier molecular flexibility index (Phi) is 5.47. The van der Waals surface area contributed by atoms with Gasteiger partial charge in [0.15, 0.2) is 0 Å². The largest absolute Gasteiger partial charge is 0.368 e. The summed E-state index contributed by atoms with van der Waals surface area (Å²) < 4.78 is 6.97. The van der Waals surface area contributed by atoms with E-state index in [-0.39, 0.29) is 0 Å². The molecule has 9 heteroatoms. The molecule has 1 saturated heterocycles. The molecule has 30 heavy (non-hydrogen) atoms. The molecule has 158 valence electrons. The Balaban J connectivity index is 1.57. The summed E-state index contributed by atoms with van der Waals surface area (Å²) >= 11 is 0. The molecular weight excluding hydrogens is 382 g/mol. The van der Waals surface area contributed by atoms with Crippen molar-refractivity contribution in [1.29, 1.82) is 5.26 Å². The number of rotatable bonds is 6. The summed E-state index contributed by atoms with van der Waals surface area (Å²) in [5, 5.41) is 24.8. The number of nitrogens with zero attached hydrogens (tertiary/aromatic N) is 6. The lowest BCUT2D eigenvalue weighted by Gasteiger charge is -2.38. The van der Waals surface area contributed by atoms with E-state index >= 15 is 0 Å². The Hall–Kier alpha value is -2.93. The van der Waals surface area contributed by atoms with Crippen LogP contribution in [0.5, 0.6) is 0 Å². The summed E-state index contributed by atoms with van der Waals surface area (Å²) in [5.41, 5.74) is 3.03. The zero-order valence-electron chi connectivity index (χ0n) is 17.5. The highest BCUT2D eigenvalue weighted by Gasteiger charge is 2.25. The number of hydrogen-bond acceptors (Lipinski definition) is 7. The fourth-order valence-electron chi connectivity index (χ4n) is 3.70. The van der Waals surface area contributed by atoms with Crippen LogP contribution in [0.25, 0.3) is 22.3 Å². The number of ether oxygens (including phenoxy) is 1. The Labute approximate surface area is 175 Å². The fourth-order valence-corrected chi connectivity index (χ4v) is 3.70. The summed E-state index contributed by atoms with van der Waals surface area (Å²) in [6.45, 7) is 9.04. The number of aliphatic hydroxyl groups excluding tert-OH is 1. The number of aromatic amines is 1. The lowest BCUT2D eigenvalue weighted by molar-refractivity contribution is -0.191. The monoisotopic (exact) mass is 409 g/mol. The molecule has 0 amide bonds. The zero-order valence-corrected chi connectivity index (χ0v) is 17.5. The molecule has 1 aliphatic heterocycles. The van der Waals surface area contributed by atoms with Crippen molar-refractivity contribution in [3.05, 3.63) is 30.7 Å². The van der Waals surface area contributed by atoms with Gasteiger partial charge in [-0.05, 0) is 32.9 Å². The minimum Gasteiger partial charge on any atom is -0.368 e. The van der Waals surface area contributed by atoms with E-state index in [1.165, 1.54) is 0 Å². The SMILES string of the molecule is CCOC(O)N1CCN(c2ccnc3[nH]c(-c4cnn(C(C)(C)C#N)c4)cc23)CC1. The first kappa shape index (κ1) is 20.3. The molecule has 0 radical (unpaired) electrons. The number of anilines is 1. The first-order valence-corrected chi connectivity index (χ1v) is 10.2. The van der Waals surface area contributed by atoms with Crippen molar-refractivity contribution in [2.45, 2.75) is 32.7 Å². The number of nitrogens with one attached hydrogen (secondary N) is 1. The summed E-state index contributed by atoms with van der Waals surface area (Å²) in [7, 11) is 0. The van der Waals surface area contributed by atoms with Crippen LogP contribution in [-0.2, 0) is 10.3 Å². The molecule has 9 nitrogen and oxygen atoms in total. The maximum absolute atomic E-state index is 10.1. The first-order valence-electron chi connectivity index (χ1n) is 10.2. The molecule has 2 N–H and O–H groups in total. The highest BCUT2D eigenvalue weighted by molar-refractivity contribution is 5.93. The maximum Gasteiger partial charge on any atom is 0.216 e. The van der Waals surface area contributed by atoms with Crippen LogP contribution in [0.3, 0.4) is 0 Å². The van der Waals surface area contributed by atoms with Crippen LogP contribution in [0, 0.1) is 11.3 Å². The standard InChI is InChI=1S/C21H27N7O2/c1-4-30-20(29)27-9-7-26(8-10-27)18-5-6-23-19-16(18)11-17(25-19)15-12-24-28(13-15)21(2,3)14-22/h5-6,11-13,20,29H,4,7-10H2,1-3H3,(H,23,25). The molecular formula is C21H27N7O2. The van der Waals surface area contributed by atoms with Crippen LogP contribution in [0.1, 0.15) is 20.8 Å². The van der Waals surface area contributed by atoms with Crippen LogP contribution in [-0.4, -0.2) is 69.0 Å². The molecule has 1 unspecified atom stereocenters. The van der Waals surface area contributed by atoms with Gasteiger partial charge in [0, 0.05) is 61.8 Å². The van der Waals surface area contributed by atoms with Gasteiger partial charge in [-0.25, -0.2) is 4.98 Å². The molecule has 0 bridgehead atoms. The summed E-state index contributed by atoms with van der Waals surface area (Å²) in [4.78, 5) is 12.1. The predicted octanol–water partition coefficient (Wildman–Crippen LogP) is 2.12. The number of fused-ring (bicyclic) bond motifs is 1. The number of hydrogen-bond donors (Lipinski definition) is 2. The minimum atomic E-state index is -0.845. The Bertz CT molecular complexity index is 1060. The molecule has 4 rings (SSSR count). The van der Waals surface area contributed by atoms with Crippen LogP contribution in [0.4, 0.5) is 5.69 Å². The number of nitriles is 1. The molecule has 0 spiro atoms. The van der Waals surface area contributed by atoms with E-state index in [0.29, 0.717) is 6.61 Å². The number of H-pyrrole nitrogens is 1. The van der Waals surface area contributed by atoms with E-state index in [4.69, 9.17) is 4.74 Å². The third-order valence-electron chi connectivity index (χ3n) is 5.53. The summed E-state index contributed by atoms with van der Waals surface area (Å²) in [6.07, 6.45) is 4.60. The second-order valence-electron chi connectivity index (χ2n) is 7.92. The van der Waals surface area contributed by atoms with Crippen molar-refractivity contribution in [3.8, 4) is 17.3 Å². The van der Waals surface area contributed by atoms with Crippen molar-refractivity contribution in [2.75, 3.05) is 37.7 Å². The average molecular weight is 409 g/mol. The molecule has 4 heterocycles. The van der Waals surface area contributed by atoms with Gasteiger partial charge in [0.2, 0.25) is 6.41 Å². The quantitative estimate of drug-likeness (QED) is 0.601. The highest BCUT2D eigenvalue weighted by atomic mass is 16.6. The van der Waals surface area contributed by atoms with Gasteiger partial charge in [-0.2, -0.15) is 10.4 Å². The van der Waals surface area contributed by atoms with Crippen LogP contribution in [0.15, 0.2) is 30.7 Å². The van der Waals surface area contributed by atoms with E-state index in [2.05, 4.69) is 32.1 Å². The van der Waals surface area contributed by atoms with E-state index in [1.807, 2.05) is 44.1 Å². The van der Waals surface area contributed by atoms with Gasteiger partial charge < -0.3 is 19.7 Å². The normalized spacial score (nSPS) is 16.7. The molecule has 0 aromatic carbocycles. The second kappa shape index (κ2) is 8.07. The lowest BCUT2D eigenvalue weighted by Crippen LogP contribution is -2.51. The van der Waals surface area contributed by atoms with Crippen LogP contribution >= 0.6 is 0 Å². The Morgan fingerprint density at radius 1 is 1.33 bits per heavy atom. The molecule has 3 aromatic heterocycles. The highest BCUT2D eigenvalue weighted by Crippen LogP contribution is 2.31. The van der Waals surface area contributed by atoms with Crippen molar-refractivity contribution in [3.63, 3.8) is 0 Å². The predicted molar refractivity (Wildman–Crippen MR) is 114 cm³/mol. The smallest absolute Gasteiger partial charge is 0.216 e. The van der Waals surface area contributed by atoms with E-state index in [0.717, 1.165) is 54.2 Å². The lowest BCUT2D eigenvalue weighted by atomic mass is 10.1. The number of aliphatic hydroxyl groups is 1. The van der Waals surface area contributed by atoms with Crippen molar-refractivity contribution in [1.82, 2.24) is 24.6 Å². The van der Waals surface area contributed by atoms with E-state index < -0.39 is 12.0 Å². The van der Waals surface area contributed by atoms with Gasteiger partial charge in [-0.15, -0.1) is 0 Å². The summed E-state index contributed by atoms with van der Waals surface area (Å²) in [5.74, 6) is 0. The van der Waals surface area contributed by atoms with Gasteiger partial charge >= 0.3 is 0 Å². The average Bonchev–Trinajstić information content (AvgIpc) is 3.41. The van der Waals surface area contributed by atoms with Crippen molar-refractivity contribution < 1.29 is 9.84 Å². The molecule has 1 aliphatic rings. The van der Waals surface area contributed by atoms with Crippen LogP contribution < -0.4 is 4.90 Å². The molecule has 0 saturated carbocycles. The van der Waals surface area contributed by atoms with E-state index in [1.54, 1.807) is 10.9 Å². The molecule has 1 fully saturated rings. The van der Waals surface area contributed by atoms with Gasteiger partial charge in [0.05, 0.1) is 18.0 Å². The van der Waals surface area contributed by atoms with Crippen LogP contribution in [0.2, 0.25) is 0 Å². The topological polar surface area (TPSA) is 106 Å². The van der Waals surface area contributed by atoms with Gasteiger partial charge in [0.25, 0.3) is 0 Å². The maximum atomic E-state index is 10.1. The number of aromatic nitrogens is 4. The molecule has 0 aliphatic carbocycles.